The monoisotopic (exact) mass is 219 g/mol. The van der Waals surface area contributed by atoms with E-state index < -0.39 is 0 Å². The number of benzene rings is 1. The quantitative estimate of drug-likeness (QED) is 0.794. The molecule has 16 heavy (non-hydrogen) atoms. The van der Waals surface area contributed by atoms with Gasteiger partial charge in [0.1, 0.15) is 0 Å². The lowest BCUT2D eigenvalue weighted by Crippen LogP contribution is -2.13. The fraction of sp³-hybridized carbons (Fsp3) is 0.500. The maximum Gasteiger partial charge on any atom is 0.164 e. The SMILES string of the molecule is Cc1cc(C(C)(C)C)ccc1C(=O)CCN. The molecule has 0 aliphatic heterocycles. The van der Waals surface area contributed by atoms with Crippen LogP contribution in [0.5, 0.6) is 0 Å². The van der Waals surface area contributed by atoms with E-state index in [0.717, 1.165) is 11.1 Å². The van der Waals surface area contributed by atoms with Crippen LogP contribution in [0.3, 0.4) is 0 Å². The summed E-state index contributed by atoms with van der Waals surface area (Å²) < 4.78 is 0. The Balaban J connectivity index is 3.05. The molecule has 0 aromatic heterocycles. The Hall–Kier alpha value is -1.15. The molecule has 0 heterocycles. The first kappa shape index (κ1) is 12.9. The maximum atomic E-state index is 11.7. The number of hydrogen-bond acceptors (Lipinski definition) is 2. The second kappa shape index (κ2) is 4.79. The van der Waals surface area contributed by atoms with Gasteiger partial charge in [-0.2, -0.15) is 0 Å². The first-order chi connectivity index (χ1) is 7.36. The van der Waals surface area contributed by atoms with Crippen LogP contribution in [0.15, 0.2) is 18.2 Å². The molecule has 0 saturated heterocycles. The van der Waals surface area contributed by atoms with E-state index in [4.69, 9.17) is 5.73 Å². The molecular weight excluding hydrogens is 198 g/mol. The van der Waals surface area contributed by atoms with Crippen LogP contribution in [0.1, 0.15) is 48.7 Å². The van der Waals surface area contributed by atoms with Crippen molar-refractivity contribution in [2.75, 3.05) is 6.54 Å². The van der Waals surface area contributed by atoms with E-state index in [2.05, 4.69) is 26.8 Å². The van der Waals surface area contributed by atoms with Gasteiger partial charge in [-0.1, -0.05) is 39.0 Å². The zero-order valence-electron chi connectivity index (χ0n) is 10.6. The molecule has 0 aliphatic rings. The van der Waals surface area contributed by atoms with Gasteiger partial charge in [-0.3, -0.25) is 4.79 Å². The van der Waals surface area contributed by atoms with Gasteiger partial charge in [-0.15, -0.1) is 0 Å². The molecule has 0 unspecified atom stereocenters. The molecule has 1 aromatic carbocycles. The van der Waals surface area contributed by atoms with Crippen molar-refractivity contribution in [1.82, 2.24) is 0 Å². The minimum atomic E-state index is 0.125. The summed E-state index contributed by atoms with van der Waals surface area (Å²) in [4.78, 5) is 11.7. The first-order valence-electron chi connectivity index (χ1n) is 5.70. The molecule has 0 amide bonds. The maximum absolute atomic E-state index is 11.7. The number of carbonyl (C=O) groups is 1. The number of rotatable bonds is 3. The van der Waals surface area contributed by atoms with E-state index >= 15 is 0 Å². The van der Waals surface area contributed by atoms with Crippen molar-refractivity contribution in [2.24, 2.45) is 5.73 Å². The Morgan fingerprint density at radius 1 is 1.31 bits per heavy atom. The predicted octanol–water partition coefficient (Wildman–Crippen LogP) is 2.82. The van der Waals surface area contributed by atoms with Crippen molar-refractivity contribution in [3.8, 4) is 0 Å². The van der Waals surface area contributed by atoms with E-state index in [0.29, 0.717) is 13.0 Å². The zero-order chi connectivity index (χ0) is 12.3. The molecule has 0 atom stereocenters. The average molecular weight is 219 g/mol. The van der Waals surface area contributed by atoms with Gasteiger partial charge in [0.25, 0.3) is 0 Å². The summed E-state index contributed by atoms with van der Waals surface area (Å²) in [5.41, 5.74) is 8.63. The van der Waals surface area contributed by atoms with Crippen molar-refractivity contribution >= 4 is 5.78 Å². The lowest BCUT2D eigenvalue weighted by atomic mass is 9.85. The van der Waals surface area contributed by atoms with Gasteiger partial charge in [0.05, 0.1) is 0 Å². The molecule has 1 rings (SSSR count). The number of aryl methyl sites for hydroxylation is 1. The van der Waals surface area contributed by atoms with Gasteiger partial charge in [0, 0.05) is 12.0 Å². The van der Waals surface area contributed by atoms with Crippen molar-refractivity contribution < 1.29 is 4.79 Å². The van der Waals surface area contributed by atoms with Gasteiger partial charge < -0.3 is 5.73 Å². The van der Waals surface area contributed by atoms with E-state index in [1.807, 2.05) is 19.1 Å². The number of hydrogen-bond donors (Lipinski definition) is 1. The summed E-state index contributed by atoms with van der Waals surface area (Å²) in [5, 5.41) is 0. The Labute approximate surface area is 97.9 Å². The Morgan fingerprint density at radius 3 is 2.38 bits per heavy atom. The largest absolute Gasteiger partial charge is 0.330 e. The average Bonchev–Trinajstić information content (AvgIpc) is 2.16. The van der Waals surface area contributed by atoms with Crippen molar-refractivity contribution in [2.45, 2.75) is 39.5 Å². The first-order valence-corrected chi connectivity index (χ1v) is 5.70. The summed E-state index contributed by atoms with van der Waals surface area (Å²) in [6, 6.07) is 6.06. The molecule has 1 aromatic rings. The molecule has 2 N–H and O–H groups in total. The number of carbonyl (C=O) groups excluding carboxylic acids is 1. The highest BCUT2D eigenvalue weighted by Gasteiger charge is 2.16. The lowest BCUT2D eigenvalue weighted by Gasteiger charge is -2.20. The summed E-state index contributed by atoms with van der Waals surface area (Å²) in [7, 11) is 0. The third kappa shape index (κ3) is 2.92. The van der Waals surface area contributed by atoms with Crippen LogP contribution in [-0.2, 0) is 5.41 Å². The lowest BCUT2D eigenvalue weighted by molar-refractivity contribution is 0.0985. The molecule has 0 bridgehead atoms. The minimum absolute atomic E-state index is 0.125. The van der Waals surface area contributed by atoms with Gasteiger partial charge in [-0.05, 0) is 30.0 Å². The van der Waals surface area contributed by atoms with Gasteiger partial charge in [0.15, 0.2) is 5.78 Å². The Bertz CT molecular complexity index is 388. The fourth-order valence-electron chi connectivity index (χ4n) is 1.71. The van der Waals surface area contributed by atoms with Crippen molar-refractivity contribution in [3.63, 3.8) is 0 Å². The number of Topliss-reactive ketones (excluding diaryl/α,β-unsaturated/α-hetero) is 1. The third-order valence-corrected chi connectivity index (χ3v) is 2.76. The molecule has 0 spiro atoms. The standard InChI is InChI=1S/C14H21NO/c1-10-9-11(14(2,3)4)5-6-12(10)13(16)7-8-15/h5-6,9H,7-8,15H2,1-4H3. The number of nitrogens with two attached hydrogens (primary N) is 1. The summed E-state index contributed by atoms with van der Waals surface area (Å²) in [6.45, 7) is 8.91. The van der Waals surface area contributed by atoms with Gasteiger partial charge >= 0.3 is 0 Å². The van der Waals surface area contributed by atoms with Crippen molar-refractivity contribution in [1.29, 1.82) is 0 Å². The summed E-state index contributed by atoms with van der Waals surface area (Å²) >= 11 is 0. The number of ketones is 1. The van der Waals surface area contributed by atoms with E-state index in [1.54, 1.807) is 0 Å². The van der Waals surface area contributed by atoms with Gasteiger partial charge in [-0.25, -0.2) is 0 Å². The van der Waals surface area contributed by atoms with Crippen LogP contribution in [0.4, 0.5) is 0 Å². The molecule has 2 nitrogen and oxygen atoms in total. The van der Waals surface area contributed by atoms with Gasteiger partial charge in [0.2, 0.25) is 0 Å². The topological polar surface area (TPSA) is 43.1 Å². The minimum Gasteiger partial charge on any atom is -0.330 e. The molecule has 0 radical (unpaired) electrons. The summed E-state index contributed by atoms with van der Waals surface area (Å²) in [5.74, 6) is 0.139. The Kier molecular flexibility index (Phi) is 3.87. The van der Waals surface area contributed by atoms with Crippen LogP contribution in [0.25, 0.3) is 0 Å². The highest BCUT2D eigenvalue weighted by Crippen LogP contribution is 2.24. The molecule has 2 heteroatoms. The normalized spacial score (nSPS) is 11.6. The molecular formula is C14H21NO. The van der Waals surface area contributed by atoms with Crippen molar-refractivity contribution in [3.05, 3.63) is 34.9 Å². The second-order valence-corrected chi connectivity index (χ2v) is 5.24. The highest BCUT2D eigenvalue weighted by atomic mass is 16.1. The Morgan fingerprint density at radius 2 is 1.94 bits per heavy atom. The molecule has 0 fully saturated rings. The fourth-order valence-corrected chi connectivity index (χ4v) is 1.71. The van der Waals surface area contributed by atoms with E-state index in [9.17, 15) is 4.79 Å². The van der Waals surface area contributed by atoms with Crippen LogP contribution < -0.4 is 5.73 Å². The molecule has 88 valence electrons. The van der Waals surface area contributed by atoms with Crippen LogP contribution in [0, 0.1) is 6.92 Å². The second-order valence-electron chi connectivity index (χ2n) is 5.24. The third-order valence-electron chi connectivity index (χ3n) is 2.76. The molecule has 0 saturated carbocycles. The van der Waals surface area contributed by atoms with Crippen LogP contribution in [-0.4, -0.2) is 12.3 Å². The zero-order valence-corrected chi connectivity index (χ0v) is 10.6. The predicted molar refractivity (Wildman–Crippen MR) is 67.9 cm³/mol. The summed E-state index contributed by atoms with van der Waals surface area (Å²) in [6.07, 6.45) is 0.426. The molecule has 0 aliphatic carbocycles. The van der Waals surface area contributed by atoms with E-state index in [1.165, 1.54) is 5.56 Å². The highest BCUT2D eigenvalue weighted by molar-refractivity contribution is 5.97. The van der Waals surface area contributed by atoms with Crippen LogP contribution in [0.2, 0.25) is 0 Å². The van der Waals surface area contributed by atoms with E-state index in [-0.39, 0.29) is 11.2 Å². The van der Waals surface area contributed by atoms with Crippen LogP contribution >= 0.6 is 0 Å². The smallest absolute Gasteiger partial charge is 0.164 e.